The van der Waals surface area contributed by atoms with Gasteiger partial charge in [0.1, 0.15) is 0 Å². The van der Waals surface area contributed by atoms with Gasteiger partial charge >= 0.3 is 0 Å². The fraction of sp³-hybridized carbons (Fsp3) is 0.368. The summed E-state index contributed by atoms with van der Waals surface area (Å²) in [6.45, 7) is 5.75. The zero-order valence-corrected chi connectivity index (χ0v) is 12.3. The van der Waals surface area contributed by atoms with Crippen LogP contribution in [0.1, 0.15) is 29.2 Å². The van der Waals surface area contributed by atoms with Gasteiger partial charge in [-0.15, -0.1) is 0 Å². The minimum absolute atomic E-state index is 1.12. The average molecular weight is 265 g/mol. The van der Waals surface area contributed by atoms with Crippen LogP contribution < -0.4 is 0 Å². The summed E-state index contributed by atoms with van der Waals surface area (Å²) in [4.78, 5) is 2.59. The Morgan fingerprint density at radius 1 is 1.00 bits per heavy atom. The molecule has 104 valence electrons. The summed E-state index contributed by atoms with van der Waals surface area (Å²) in [6, 6.07) is 17.6. The number of aryl methyl sites for hydroxylation is 1. The molecular weight excluding hydrogens is 242 g/mol. The van der Waals surface area contributed by atoms with Crippen LogP contribution in [0.4, 0.5) is 0 Å². The summed E-state index contributed by atoms with van der Waals surface area (Å²) in [7, 11) is 0. The van der Waals surface area contributed by atoms with E-state index in [0.29, 0.717) is 0 Å². The van der Waals surface area contributed by atoms with Gasteiger partial charge in [-0.1, -0.05) is 55.5 Å². The third-order valence-corrected chi connectivity index (χ3v) is 4.38. The van der Waals surface area contributed by atoms with E-state index < -0.39 is 0 Å². The maximum atomic E-state index is 2.59. The number of hydrogen-bond donors (Lipinski definition) is 0. The van der Waals surface area contributed by atoms with Crippen LogP contribution in [0.5, 0.6) is 0 Å². The van der Waals surface area contributed by atoms with Gasteiger partial charge in [-0.25, -0.2) is 0 Å². The molecule has 0 radical (unpaired) electrons. The van der Waals surface area contributed by atoms with E-state index in [0.717, 1.165) is 19.4 Å². The lowest BCUT2D eigenvalue weighted by Gasteiger charge is -2.30. The summed E-state index contributed by atoms with van der Waals surface area (Å²) in [5.41, 5.74) is 6.15. The fourth-order valence-electron chi connectivity index (χ4n) is 3.20. The Labute approximate surface area is 122 Å². The molecule has 0 saturated heterocycles. The van der Waals surface area contributed by atoms with Crippen molar-refractivity contribution in [1.29, 1.82) is 0 Å². The Morgan fingerprint density at radius 3 is 2.65 bits per heavy atom. The van der Waals surface area contributed by atoms with Gasteiger partial charge < -0.3 is 0 Å². The molecule has 0 unspecified atom stereocenters. The van der Waals surface area contributed by atoms with Gasteiger partial charge in [-0.2, -0.15) is 0 Å². The summed E-state index contributed by atoms with van der Waals surface area (Å²) in [6.07, 6.45) is 3.53. The number of rotatable bonds is 4. The maximum Gasteiger partial charge on any atom is 0.0236 e. The smallest absolute Gasteiger partial charge is 0.0236 e. The third-order valence-electron chi connectivity index (χ3n) is 4.38. The van der Waals surface area contributed by atoms with E-state index in [1.54, 1.807) is 16.7 Å². The van der Waals surface area contributed by atoms with E-state index in [1.807, 2.05) is 0 Å². The molecule has 0 bridgehead atoms. The quantitative estimate of drug-likeness (QED) is 0.811. The van der Waals surface area contributed by atoms with Crippen LogP contribution in [0.3, 0.4) is 0 Å². The Bertz CT molecular complexity index is 559. The predicted molar refractivity (Wildman–Crippen MR) is 84.9 cm³/mol. The highest BCUT2D eigenvalue weighted by atomic mass is 15.1. The molecule has 2 aromatic carbocycles. The van der Waals surface area contributed by atoms with Crippen LogP contribution in [0.2, 0.25) is 0 Å². The van der Waals surface area contributed by atoms with Crippen molar-refractivity contribution in [2.24, 2.45) is 0 Å². The lowest BCUT2D eigenvalue weighted by Crippen LogP contribution is -2.32. The third kappa shape index (κ3) is 2.94. The molecule has 0 amide bonds. The van der Waals surface area contributed by atoms with E-state index >= 15 is 0 Å². The highest BCUT2D eigenvalue weighted by Crippen LogP contribution is 2.23. The molecule has 0 atom stereocenters. The summed E-state index contributed by atoms with van der Waals surface area (Å²) in [5.74, 6) is 0. The maximum absolute atomic E-state index is 2.59. The zero-order valence-electron chi connectivity index (χ0n) is 12.3. The Morgan fingerprint density at radius 2 is 1.85 bits per heavy atom. The van der Waals surface area contributed by atoms with Gasteiger partial charge in [0, 0.05) is 19.6 Å². The first-order valence-electron chi connectivity index (χ1n) is 7.72. The molecule has 1 nitrogen and oxygen atoms in total. The lowest BCUT2D eigenvalue weighted by atomic mass is 9.93. The van der Waals surface area contributed by atoms with Crippen LogP contribution in [0.15, 0.2) is 48.5 Å². The second-order valence-corrected chi connectivity index (χ2v) is 5.67. The number of nitrogens with zero attached hydrogens (tertiary/aromatic N) is 1. The molecule has 0 spiro atoms. The van der Waals surface area contributed by atoms with Crippen LogP contribution in [-0.2, 0) is 25.8 Å². The van der Waals surface area contributed by atoms with E-state index in [1.165, 1.54) is 25.1 Å². The van der Waals surface area contributed by atoms with Crippen LogP contribution >= 0.6 is 0 Å². The van der Waals surface area contributed by atoms with E-state index in [2.05, 4.69) is 60.4 Å². The SMILES string of the molecule is CCc1cccc2c1CCN(CCc1ccccc1)C2. The summed E-state index contributed by atoms with van der Waals surface area (Å²) in [5, 5.41) is 0. The van der Waals surface area contributed by atoms with Gasteiger partial charge in [0.2, 0.25) is 0 Å². The molecule has 1 aliphatic rings. The molecule has 1 aliphatic heterocycles. The molecule has 0 fully saturated rings. The lowest BCUT2D eigenvalue weighted by molar-refractivity contribution is 0.257. The normalized spacial score (nSPS) is 15.1. The van der Waals surface area contributed by atoms with Crippen LogP contribution in [0, 0.1) is 0 Å². The molecule has 1 heteroatoms. The van der Waals surface area contributed by atoms with E-state index in [9.17, 15) is 0 Å². The minimum Gasteiger partial charge on any atom is -0.298 e. The molecule has 2 aromatic rings. The second-order valence-electron chi connectivity index (χ2n) is 5.67. The van der Waals surface area contributed by atoms with Crippen molar-refractivity contribution in [3.63, 3.8) is 0 Å². The van der Waals surface area contributed by atoms with E-state index in [-0.39, 0.29) is 0 Å². The van der Waals surface area contributed by atoms with Crippen molar-refractivity contribution in [2.45, 2.75) is 32.7 Å². The first-order valence-corrected chi connectivity index (χ1v) is 7.72. The molecule has 0 saturated carbocycles. The van der Waals surface area contributed by atoms with E-state index in [4.69, 9.17) is 0 Å². The first-order chi connectivity index (χ1) is 9.86. The molecule has 3 rings (SSSR count). The summed E-state index contributed by atoms with van der Waals surface area (Å²) >= 11 is 0. The summed E-state index contributed by atoms with van der Waals surface area (Å²) < 4.78 is 0. The monoisotopic (exact) mass is 265 g/mol. The highest BCUT2D eigenvalue weighted by molar-refractivity contribution is 5.37. The largest absolute Gasteiger partial charge is 0.298 e. The first kappa shape index (κ1) is 13.4. The highest BCUT2D eigenvalue weighted by Gasteiger charge is 2.17. The number of fused-ring (bicyclic) bond motifs is 1. The molecule has 0 aromatic heterocycles. The molecule has 1 heterocycles. The fourth-order valence-corrected chi connectivity index (χ4v) is 3.20. The molecule has 0 aliphatic carbocycles. The van der Waals surface area contributed by atoms with Crippen LogP contribution in [-0.4, -0.2) is 18.0 Å². The van der Waals surface area contributed by atoms with Gasteiger partial charge in [0.25, 0.3) is 0 Å². The van der Waals surface area contributed by atoms with Crippen molar-refractivity contribution < 1.29 is 0 Å². The zero-order chi connectivity index (χ0) is 13.8. The minimum atomic E-state index is 1.12. The van der Waals surface area contributed by atoms with Gasteiger partial charge in [-0.05, 0) is 41.5 Å². The standard InChI is InChI=1S/C19H23N/c1-2-17-9-6-10-18-15-20(14-12-19(17)18)13-11-16-7-4-3-5-8-16/h3-10H,2,11-15H2,1H3. The predicted octanol–water partition coefficient (Wildman–Crippen LogP) is 3.85. The number of hydrogen-bond acceptors (Lipinski definition) is 1. The average Bonchev–Trinajstić information content (AvgIpc) is 2.53. The van der Waals surface area contributed by atoms with Gasteiger partial charge in [0.05, 0.1) is 0 Å². The van der Waals surface area contributed by atoms with Crippen molar-refractivity contribution in [1.82, 2.24) is 4.90 Å². The van der Waals surface area contributed by atoms with Crippen molar-refractivity contribution >= 4 is 0 Å². The Balaban J connectivity index is 1.64. The topological polar surface area (TPSA) is 3.24 Å². The van der Waals surface area contributed by atoms with Crippen LogP contribution in [0.25, 0.3) is 0 Å². The van der Waals surface area contributed by atoms with Crippen molar-refractivity contribution in [3.8, 4) is 0 Å². The number of benzene rings is 2. The Kier molecular flexibility index (Phi) is 4.17. The molecular formula is C19H23N. The molecule has 20 heavy (non-hydrogen) atoms. The second kappa shape index (κ2) is 6.23. The molecule has 0 N–H and O–H groups in total. The Hall–Kier alpha value is -1.60. The van der Waals surface area contributed by atoms with Gasteiger partial charge in [0.15, 0.2) is 0 Å². The van der Waals surface area contributed by atoms with Gasteiger partial charge in [-0.3, -0.25) is 4.90 Å². The van der Waals surface area contributed by atoms with Crippen molar-refractivity contribution in [2.75, 3.05) is 13.1 Å². The van der Waals surface area contributed by atoms with Crippen molar-refractivity contribution in [3.05, 3.63) is 70.8 Å².